The van der Waals surface area contributed by atoms with Crippen LogP contribution in [0.5, 0.6) is 0 Å². The van der Waals surface area contributed by atoms with Crippen molar-refractivity contribution in [3.63, 3.8) is 0 Å². The lowest BCUT2D eigenvalue weighted by molar-refractivity contribution is 0.586. The van der Waals surface area contributed by atoms with Crippen LogP contribution < -0.4 is 5.32 Å². The highest BCUT2D eigenvalue weighted by Gasteiger charge is 2.17. The van der Waals surface area contributed by atoms with Crippen LogP contribution in [0.2, 0.25) is 0 Å². The smallest absolute Gasteiger partial charge is 0.0610 e. The van der Waals surface area contributed by atoms with Crippen molar-refractivity contribution in [2.24, 2.45) is 0 Å². The molecule has 0 spiro atoms. The van der Waals surface area contributed by atoms with Gasteiger partial charge in [0.15, 0.2) is 0 Å². The quantitative estimate of drug-likeness (QED) is 0.833. The summed E-state index contributed by atoms with van der Waals surface area (Å²) in [6.07, 6.45) is 6.42. The van der Waals surface area contributed by atoms with Gasteiger partial charge in [-0.25, -0.2) is 0 Å². The normalized spacial score (nSPS) is 12.6. The van der Waals surface area contributed by atoms with Gasteiger partial charge in [0.1, 0.15) is 0 Å². The second-order valence-electron chi connectivity index (χ2n) is 5.78. The number of hydrogen-bond acceptors (Lipinski definition) is 2. The molecule has 21 heavy (non-hydrogen) atoms. The fourth-order valence-corrected chi connectivity index (χ4v) is 2.65. The van der Waals surface area contributed by atoms with E-state index in [0.717, 1.165) is 25.9 Å². The van der Waals surface area contributed by atoms with Crippen LogP contribution in [0.25, 0.3) is 0 Å². The van der Waals surface area contributed by atoms with Crippen molar-refractivity contribution >= 4 is 0 Å². The number of rotatable bonds is 7. The van der Waals surface area contributed by atoms with E-state index in [0.29, 0.717) is 0 Å². The van der Waals surface area contributed by atoms with Crippen molar-refractivity contribution in [3.8, 4) is 0 Å². The van der Waals surface area contributed by atoms with Gasteiger partial charge >= 0.3 is 0 Å². The van der Waals surface area contributed by atoms with Gasteiger partial charge in [-0.2, -0.15) is 5.10 Å². The van der Waals surface area contributed by atoms with Crippen LogP contribution >= 0.6 is 0 Å². The van der Waals surface area contributed by atoms with Gasteiger partial charge in [-0.05, 0) is 44.4 Å². The SMILES string of the molecule is CCCNC(c1cnn(CCC)c1)c1cc(C)ccc1C. The van der Waals surface area contributed by atoms with Crippen molar-refractivity contribution in [1.29, 1.82) is 0 Å². The van der Waals surface area contributed by atoms with E-state index in [-0.39, 0.29) is 6.04 Å². The average molecular weight is 285 g/mol. The molecule has 0 aliphatic rings. The highest BCUT2D eigenvalue weighted by atomic mass is 15.3. The molecule has 0 saturated carbocycles. The first-order valence-electron chi connectivity index (χ1n) is 7.98. The molecule has 1 atom stereocenters. The standard InChI is InChI=1S/C18H27N3/c1-5-9-19-18(16-12-20-21(13-16)10-6-2)17-11-14(3)7-8-15(17)4/h7-8,11-13,18-19H,5-6,9-10H2,1-4H3. The van der Waals surface area contributed by atoms with Gasteiger partial charge in [-0.3, -0.25) is 4.68 Å². The third-order valence-corrected chi connectivity index (χ3v) is 3.78. The maximum atomic E-state index is 4.49. The molecular weight excluding hydrogens is 258 g/mol. The van der Waals surface area contributed by atoms with Crippen molar-refractivity contribution in [3.05, 3.63) is 52.8 Å². The largest absolute Gasteiger partial charge is 0.306 e. The van der Waals surface area contributed by atoms with Crippen LogP contribution in [0.4, 0.5) is 0 Å². The molecule has 0 aliphatic carbocycles. The van der Waals surface area contributed by atoms with Crippen LogP contribution in [0.1, 0.15) is 55.0 Å². The Labute approximate surface area is 128 Å². The van der Waals surface area contributed by atoms with E-state index < -0.39 is 0 Å². The van der Waals surface area contributed by atoms with Gasteiger partial charge < -0.3 is 5.32 Å². The van der Waals surface area contributed by atoms with Crippen LogP contribution in [0.15, 0.2) is 30.6 Å². The van der Waals surface area contributed by atoms with E-state index in [9.17, 15) is 0 Å². The van der Waals surface area contributed by atoms with Gasteiger partial charge in [0, 0.05) is 18.3 Å². The Morgan fingerprint density at radius 2 is 2.00 bits per heavy atom. The summed E-state index contributed by atoms with van der Waals surface area (Å²) in [5, 5.41) is 8.16. The predicted molar refractivity (Wildman–Crippen MR) is 88.6 cm³/mol. The number of nitrogens with one attached hydrogen (secondary N) is 1. The minimum Gasteiger partial charge on any atom is -0.306 e. The Morgan fingerprint density at radius 3 is 2.71 bits per heavy atom. The Balaban J connectivity index is 2.34. The number of hydrogen-bond donors (Lipinski definition) is 1. The summed E-state index contributed by atoms with van der Waals surface area (Å²) in [7, 11) is 0. The van der Waals surface area contributed by atoms with Crippen molar-refractivity contribution in [2.45, 2.75) is 53.1 Å². The Bertz CT molecular complexity index is 572. The first-order chi connectivity index (χ1) is 10.2. The summed E-state index contributed by atoms with van der Waals surface area (Å²) in [5.74, 6) is 0. The average Bonchev–Trinajstić information content (AvgIpc) is 2.92. The Hall–Kier alpha value is -1.61. The minimum atomic E-state index is 0.232. The van der Waals surface area contributed by atoms with E-state index in [1.807, 2.05) is 10.9 Å². The monoisotopic (exact) mass is 285 g/mol. The first-order valence-corrected chi connectivity index (χ1v) is 7.98. The highest BCUT2D eigenvalue weighted by Crippen LogP contribution is 2.25. The van der Waals surface area contributed by atoms with Crippen LogP contribution in [-0.4, -0.2) is 16.3 Å². The fourth-order valence-electron chi connectivity index (χ4n) is 2.65. The van der Waals surface area contributed by atoms with Gasteiger partial charge in [-0.1, -0.05) is 37.6 Å². The molecule has 114 valence electrons. The van der Waals surface area contributed by atoms with Crippen LogP contribution in [0, 0.1) is 13.8 Å². The third kappa shape index (κ3) is 3.94. The molecule has 1 aromatic carbocycles. The van der Waals surface area contributed by atoms with Crippen molar-refractivity contribution in [2.75, 3.05) is 6.54 Å². The third-order valence-electron chi connectivity index (χ3n) is 3.78. The zero-order chi connectivity index (χ0) is 15.2. The molecule has 0 saturated heterocycles. The molecule has 1 unspecified atom stereocenters. The zero-order valence-corrected chi connectivity index (χ0v) is 13.7. The van der Waals surface area contributed by atoms with Crippen LogP contribution in [0.3, 0.4) is 0 Å². The van der Waals surface area contributed by atoms with E-state index in [1.165, 1.54) is 22.3 Å². The van der Waals surface area contributed by atoms with E-state index >= 15 is 0 Å². The minimum absolute atomic E-state index is 0.232. The molecule has 1 aromatic heterocycles. The molecule has 0 radical (unpaired) electrons. The second kappa shape index (κ2) is 7.41. The lowest BCUT2D eigenvalue weighted by atomic mass is 9.95. The van der Waals surface area contributed by atoms with Crippen LogP contribution in [-0.2, 0) is 6.54 Å². The molecule has 3 nitrogen and oxygen atoms in total. The molecule has 1 heterocycles. The second-order valence-corrected chi connectivity index (χ2v) is 5.78. The maximum Gasteiger partial charge on any atom is 0.0610 e. The van der Waals surface area contributed by atoms with E-state index in [2.05, 4.69) is 62.5 Å². The fraction of sp³-hybridized carbons (Fsp3) is 0.500. The number of nitrogens with zero attached hydrogens (tertiary/aromatic N) is 2. The van der Waals surface area contributed by atoms with E-state index in [1.54, 1.807) is 0 Å². The molecule has 0 bridgehead atoms. The summed E-state index contributed by atoms with van der Waals surface area (Å²) in [6.45, 7) is 10.7. The Morgan fingerprint density at radius 1 is 1.19 bits per heavy atom. The summed E-state index contributed by atoms with van der Waals surface area (Å²) in [6, 6.07) is 6.91. The number of aryl methyl sites for hydroxylation is 3. The molecule has 0 fully saturated rings. The first kappa shape index (κ1) is 15.8. The van der Waals surface area contributed by atoms with Gasteiger partial charge in [0.2, 0.25) is 0 Å². The topological polar surface area (TPSA) is 29.9 Å². The Kier molecular flexibility index (Phi) is 5.57. The summed E-state index contributed by atoms with van der Waals surface area (Å²) in [5.41, 5.74) is 5.25. The summed E-state index contributed by atoms with van der Waals surface area (Å²) < 4.78 is 2.04. The lowest BCUT2D eigenvalue weighted by Crippen LogP contribution is -2.23. The number of benzene rings is 1. The molecule has 0 aliphatic heterocycles. The highest BCUT2D eigenvalue weighted by molar-refractivity contribution is 5.38. The van der Waals surface area contributed by atoms with E-state index in [4.69, 9.17) is 0 Å². The number of aromatic nitrogens is 2. The van der Waals surface area contributed by atoms with Gasteiger partial charge in [0.25, 0.3) is 0 Å². The zero-order valence-electron chi connectivity index (χ0n) is 13.7. The van der Waals surface area contributed by atoms with Gasteiger partial charge in [0.05, 0.1) is 12.2 Å². The molecular formula is C18H27N3. The van der Waals surface area contributed by atoms with Crippen molar-refractivity contribution in [1.82, 2.24) is 15.1 Å². The van der Waals surface area contributed by atoms with Gasteiger partial charge in [-0.15, -0.1) is 0 Å². The lowest BCUT2D eigenvalue weighted by Gasteiger charge is -2.20. The maximum absolute atomic E-state index is 4.49. The molecule has 2 aromatic rings. The molecule has 2 rings (SSSR count). The predicted octanol–water partition coefficient (Wildman–Crippen LogP) is 4.00. The summed E-state index contributed by atoms with van der Waals surface area (Å²) in [4.78, 5) is 0. The summed E-state index contributed by atoms with van der Waals surface area (Å²) >= 11 is 0. The van der Waals surface area contributed by atoms with Crippen molar-refractivity contribution < 1.29 is 0 Å². The molecule has 3 heteroatoms. The molecule has 0 amide bonds. The molecule has 1 N–H and O–H groups in total.